The summed E-state index contributed by atoms with van der Waals surface area (Å²) in [6, 6.07) is 1.55. The third kappa shape index (κ3) is 2.90. The summed E-state index contributed by atoms with van der Waals surface area (Å²) >= 11 is 2.05. The van der Waals surface area contributed by atoms with Crippen molar-refractivity contribution in [2.45, 2.75) is 62.8 Å². The van der Waals surface area contributed by atoms with E-state index >= 15 is 0 Å². The van der Waals surface area contributed by atoms with Gasteiger partial charge in [0.15, 0.2) is 0 Å². The monoisotopic (exact) mass is 213 g/mol. The van der Waals surface area contributed by atoms with Crippen LogP contribution in [0.2, 0.25) is 0 Å². The smallest absolute Gasteiger partial charge is 0.0198 e. The van der Waals surface area contributed by atoms with Gasteiger partial charge in [0.2, 0.25) is 0 Å². The largest absolute Gasteiger partial charge is 0.310 e. The standard InChI is InChI=1S/C12H23NS/c1-9(8-10-6-7-10)13-11-4-3-5-12(11)14-2/h9-13H,3-8H2,1-2H3. The van der Waals surface area contributed by atoms with E-state index in [1.807, 2.05) is 0 Å². The number of rotatable bonds is 5. The molecular formula is C12H23NS. The van der Waals surface area contributed by atoms with Crippen molar-refractivity contribution >= 4 is 11.8 Å². The van der Waals surface area contributed by atoms with Crippen LogP contribution in [-0.4, -0.2) is 23.6 Å². The van der Waals surface area contributed by atoms with Crippen LogP contribution in [0.1, 0.15) is 45.4 Å². The van der Waals surface area contributed by atoms with Gasteiger partial charge in [-0.15, -0.1) is 0 Å². The lowest BCUT2D eigenvalue weighted by Crippen LogP contribution is -2.40. The molecule has 0 aromatic rings. The summed E-state index contributed by atoms with van der Waals surface area (Å²) in [5, 5.41) is 4.72. The van der Waals surface area contributed by atoms with Gasteiger partial charge in [-0.25, -0.2) is 0 Å². The molecule has 2 fully saturated rings. The lowest BCUT2D eigenvalue weighted by Gasteiger charge is -2.23. The molecule has 1 N–H and O–H groups in total. The Labute approximate surface area is 92.4 Å². The first-order chi connectivity index (χ1) is 6.79. The van der Waals surface area contributed by atoms with Crippen molar-refractivity contribution in [1.82, 2.24) is 5.32 Å². The van der Waals surface area contributed by atoms with E-state index in [0.717, 1.165) is 23.3 Å². The molecule has 0 spiro atoms. The van der Waals surface area contributed by atoms with Crippen molar-refractivity contribution in [3.8, 4) is 0 Å². The van der Waals surface area contributed by atoms with E-state index in [9.17, 15) is 0 Å². The van der Waals surface area contributed by atoms with Gasteiger partial charge in [-0.1, -0.05) is 19.3 Å². The third-order valence-electron chi connectivity index (χ3n) is 3.64. The molecule has 0 aromatic heterocycles. The normalized spacial score (nSPS) is 34.7. The van der Waals surface area contributed by atoms with E-state index in [2.05, 4.69) is 30.3 Å². The van der Waals surface area contributed by atoms with Crippen LogP contribution in [0.3, 0.4) is 0 Å². The lowest BCUT2D eigenvalue weighted by molar-refractivity contribution is 0.422. The zero-order valence-corrected chi connectivity index (χ0v) is 10.3. The summed E-state index contributed by atoms with van der Waals surface area (Å²) in [6.07, 6.45) is 10.9. The second-order valence-electron chi connectivity index (χ2n) is 5.06. The van der Waals surface area contributed by atoms with Crippen LogP contribution in [0.5, 0.6) is 0 Å². The van der Waals surface area contributed by atoms with Crippen molar-refractivity contribution in [2.75, 3.05) is 6.26 Å². The minimum absolute atomic E-state index is 0.750. The predicted molar refractivity (Wildman–Crippen MR) is 64.9 cm³/mol. The number of hydrogen-bond donors (Lipinski definition) is 1. The molecule has 0 radical (unpaired) electrons. The first-order valence-electron chi connectivity index (χ1n) is 6.08. The number of thioether (sulfide) groups is 1. The molecule has 82 valence electrons. The van der Waals surface area contributed by atoms with E-state index in [4.69, 9.17) is 0 Å². The molecule has 2 saturated carbocycles. The van der Waals surface area contributed by atoms with E-state index in [1.54, 1.807) is 0 Å². The van der Waals surface area contributed by atoms with Gasteiger partial charge in [0.05, 0.1) is 0 Å². The average molecular weight is 213 g/mol. The fraction of sp³-hybridized carbons (Fsp3) is 1.00. The van der Waals surface area contributed by atoms with Gasteiger partial charge in [-0.05, 0) is 38.4 Å². The SMILES string of the molecule is CSC1CCCC1NC(C)CC1CC1. The second-order valence-corrected chi connectivity index (χ2v) is 6.14. The lowest BCUT2D eigenvalue weighted by atomic mass is 10.1. The minimum Gasteiger partial charge on any atom is -0.310 e. The van der Waals surface area contributed by atoms with Crippen molar-refractivity contribution in [3.63, 3.8) is 0 Å². The Morgan fingerprint density at radius 3 is 2.71 bits per heavy atom. The van der Waals surface area contributed by atoms with Gasteiger partial charge in [0, 0.05) is 17.3 Å². The van der Waals surface area contributed by atoms with Crippen molar-refractivity contribution < 1.29 is 0 Å². The summed E-state index contributed by atoms with van der Waals surface area (Å²) in [7, 11) is 0. The maximum atomic E-state index is 3.83. The van der Waals surface area contributed by atoms with Gasteiger partial charge in [0.25, 0.3) is 0 Å². The summed E-state index contributed by atoms with van der Waals surface area (Å²) < 4.78 is 0. The Morgan fingerprint density at radius 2 is 2.07 bits per heavy atom. The number of hydrogen-bond acceptors (Lipinski definition) is 2. The fourth-order valence-electron chi connectivity index (χ4n) is 2.69. The fourth-order valence-corrected chi connectivity index (χ4v) is 3.63. The van der Waals surface area contributed by atoms with Gasteiger partial charge < -0.3 is 5.32 Å². The molecule has 0 bridgehead atoms. The Kier molecular flexibility index (Phi) is 3.78. The molecule has 0 heterocycles. The van der Waals surface area contributed by atoms with E-state index in [1.165, 1.54) is 38.5 Å². The maximum Gasteiger partial charge on any atom is 0.0198 e. The van der Waals surface area contributed by atoms with Crippen LogP contribution >= 0.6 is 11.8 Å². The quantitative estimate of drug-likeness (QED) is 0.753. The molecule has 2 aliphatic carbocycles. The molecule has 14 heavy (non-hydrogen) atoms. The molecule has 2 rings (SSSR count). The zero-order chi connectivity index (χ0) is 9.97. The molecule has 3 atom stereocenters. The van der Waals surface area contributed by atoms with Crippen molar-refractivity contribution in [1.29, 1.82) is 0 Å². The summed E-state index contributed by atoms with van der Waals surface area (Å²) in [4.78, 5) is 0. The topological polar surface area (TPSA) is 12.0 Å². The highest BCUT2D eigenvalue weighted by Gasteiger charge is 2.29. The van der Waals surface area contributed by atoms with Crippen molar-refractivity contribution in [3.05, 3.63) is 0 Å². The summed E-state index contributed by atoms with van der Waals surface area (Å²) in [5.74, 6) is 1.06. The first-order valence-corrected chi connectivity index (χ1v) is 7.37. The Hall–Kier alpha value is 0.310. The van der Waals surface area contributed by atoms with Gasteiger partial charge in [-0.3, -0.25) is 0 Å². The van der Waals surface area contributed by atoms with Gasteiger partial charge >= 0.3 is 0 Å². The molecule has 0 saturated heterocycles. The van der Waals surface area contributed by atoms with Crippen molar-refractivity contribution in [2.24, 2.45) is 5.92 Å². The molecule has 2 aliphatic rings. The molecule has 0 amide bonds. The Morgan fingerprint density at radius 1 is 1.29 bits per heavy atom. The van der Waals surface area contributed by atoms with Crippen LogP contribution in [0.25, 0.3) is 0 Å². The zero-order valence-electron chi connectivity index (χ0n) is 9.46. The highest BCUT2D eigenvalue weighted by Crippen LogP contribution is 2.34. The van der Waals surface area contributed by atoms with Crippen LogP contribution in [0.15, 0.2) is 0 Å². The molecule has 2 heteroatoms. The number of nitrogens with one attached hydrogen (secondary N) is 1. The van der Waals surface area contributed by atoms with Crippen LogP contribution in [-0.2, 0) is 0 Å². The van der Waals surface area contributed by atoms with E-state index in [0.29, 0.717) is 0 Å². The average Bonchev–Trinajstić information content (AvgIpc) is 2.84. The van der Waals surface area contributed by atoms with E-state index in [-0.39, 0.29) is 0 Å². The highest BCUT2D eigenvalue weighted by atomic mass is 32.2. The molecule has 0 aliphatic heterocycles. The highest BCUT2D eigenvalue weighted by molar-refractivity contribution is 7.99. The molecule has 1 nitrogen and oxygen atoms in total. The maximum absolute atomic E-state index is 3.83. The second kappa shape index (κ2) is 4.89. The summed E-state index contributed by atoms with van der Waals surface area (Å²) in [5.41, 5.74) is 0. The van der Waals surface area contributed by atoms with Crippen LogP contribution in [0, 0.1) is 5.92 Å². The Bertz CT molecular complexity index is 179. The predicted octanol–water partition coefficient (Wildman–Crippen LogP) is 3.05. The van der Waals surface area contributed by atoms with Crippen LogP contribution < -0.4 is 5.32 Å². The minimum atomic E-state index is 0.750. The molecule has 0 aromatic carbocycles. The third-order valence-corrected chi connectivity index (χ3v) is 4.81. The molecule has 3 unspecified atom stereocenters. The van der Waals surface area contributed by atoms with Crippen LogP contribution in [0.4, 0.5) is 0 Å². The first kappa shape index (κ1) is 10.8. The van der Waals surface area contributed by atoms with Gasteiger partial charge in [-0.2, -0.15) is 11.8 Å². The van der Waals surface area contributed by atoms with E-state index < -0.39 is 0 Å². The molecular weight excluding hydrogens is 190 g/mol. The van der Waals surface area contributed by atoms with Gasteiger partial charge in [0.1, 0.15) is 0 Å². The summed E-state index contributed by atoms with van der Waals surface area (Å²) in [6.45, 7) is 2.37. The Balaban J connectivity index is 1.71.